The van der Waals surface area contributed by atoms with E-state index < -0.39 is 5.97 Å². The minimum Gasteiger partial charge on any atom is -0.464 e. The molecule has 3 heterocycles. The molecule has 2 aromatic carbocycles. The lowest BCUT2D eigenvalue weighted by Gasteiger charge is -2.14. The number of carbonyl (C=O) groups is 2. The zero-order chi connectivity index (χ0) is 25.8. The Morgan fingerprint density at radius 3 is 2.62 bits per heavy atom. The molecule has 2 aromatic heterocycles. The summed E-state index contributed by atoms with van der Waals surface area (Å²) in [5.41, 5.74) is 4.80. The second-order valence-corrected chi connectivity index (χ2v) is 9.22. The number of aromatic nitrogens is 2. The fourth-order valence-corrected chi connectivity index (χ4v) is 4.61. The number of aryl methyl sites for hydroxylation is 1. The molecule has 1 aliphatic heterocycles. The van der Waals surface area contributed by atoms with Crippen LogP contribution in [0.3, 0.4) is 0 Å². The summed E-state index contributed by atoms with van der Waals surface area (Å²) >= 11 is 0. The van der Waals surface area contributed by atoms with E-state index in [4.69, 9.17) is 14.5 Å². The monoisotopic (exact) mass is 498 g/mol. The highest BCUT2D eigenvalue weighted by Gasteiger charge is 2.29. The summed E-state index contributed by atoms with van der Waals surface area (Å²) in [7, 11) is 1.33. The molecule has 0 bridgehead atoms. The smallest absolute Gasteiger partial charge is 0.356 e. The standard InChI is InChI=1S/C29H30N4O4/c1-19-10-12-20(13-11-19)16-30-22-15-24-25(32-28(34)21-7-4-3-5-8-21)26(29(35)36-2)33(27(24)31-17-22)18-23-9-6-14-37-23/h3-5,7-8,10-13,15,17,23,30H,6,9,14,16,18H2,1-2H3,(H,32,34). The van der Waals surface area contributed by atoms with Crippen LogP contribution in [0.1, 0.15) is 44.8 Å². The number of methoxy groups -OCH3 is 1. The summed E-state index contributed by atoms with van der Waals surface area (Å²) in [5.74, 6) is -0.867. The quantitative estimate of drug-likeness (QED) is 0.325. The Morgan fingerprint density at radius 2 is 1.92 bits per heavy atom. The lowest BCUT2D eigenvalue weighted by molar-refractivity contribution is 0.0580. The lowest BCUT2D eigenvalue weighted by Crippen LogP contribution is -2.21. The average molecular weight is 499 g/mol. The molecule has 0 aliphatic carbocycles. The predicted molar refractivity (Wildman–Crippen MR) is 143 cm³/mol. The number of rotatable bonds is 8. The normalized spacial score (nSPS) is 15.0. The number of benzene rings is 2. The summed E-state index contributed by atoms with van der Waals surface area (Å²) in [5, 5.41) is 7.02. The summed E-state index contributed by atoms with van der Waals surface area (Å²) in [4.78, 5) is 30.9. The van der Waals surface area contributed by atoms with Crippen molar-refractivity contribution < 1.29 is 19.1 Å². The molecule has 5 rings (SSSR count). The van der Waals surface area contributed by atoms with E-state index in [0.717, 1.165) is 24.1 Å². The molecule has 1 aliphatic rings. The van der Waals surface area contributed by atoms with Gasteiger partial charge in [-0.25, -0.2) is 9.78 Å². The van der Waals surface area contributed by atoms with Crippen molar-refractivity contribution in [3.05, 3.63) is 89.2 Å². The average Bonchev–Trinajstić information content (AvgIpc) is 3.55. The number of carbonyl (C=O) groups excluding carboxylic acids is 2. The molecular weight excluding hydrogens is 468 g/mol. The minimum absolute atomic E-state index is 0.0437. The Morgan fingerprint density at radius 1 is 1.14 bits per heavy atom. The zero-order valence-electron chi connectivity index (χ0n) is 21.0. The Kier molecular flexibility index (Phi) is 7.18. The van der Waals surface area contributed by atoms with Crippen LogP contribution in [0.2, 0.25) is 0 Å². The molecule has 1 fully saturated rings. The first-order valence-electron chi connectivity index (χ1n) is 12.4. The zero-order valence-corrected chi connectivity index (χ0v) is 21.0. The summed E-state index contributed by atoms with van der Waals surface area (Å²) in [6, 6.07) is 19.1. The third-order valence-corrected chi connectivity index (χ3v) is 6.58. The van der Waals surface area contributed by atoms with Crippen molar-refractivity contribution >= 4 is 34.3 Å². The van der Waals surface area contributed by atoms with Crippen molar-refractivity contribution in [2.45, 2.75) is 39.0 Å². The summed E-state index contributed by atoms with van der Waals surface area (Å²) < 4.78 is 12.8. The first kappa shape index (κ1) is 24.5. The van der Waals surface area contributed by atoms with Gasteiger partial charge in [-0.3, -0.25) is 4.79 Å². The summed E-state index contributed by atoms with van der Waals surface area (Å²) in [6.07, 6.45) is 3.56. The number of esters is 1. The van der Waals surface area contributed by atoms with Crippen LogP contribution in [-0.2, 0) is 22.6 Å². The maximum absolute atomic E-state index is 13.2. The van der Waals surface area contributed by atoms with Crippen molar-refractivity contribution in [1.82, 2.24) is 9.55 Å². The van der Waals surface area contributed by atoms with E-state index in [9.17, 15) is 9.59 Å². The third kappa shape index (κ3) is 5.34. The van der Waals surface area contributed by atoms with Crippen molar-refractivity contribution in [3.63, 3.8) is 0 Å². The van der Waals surface area contributed by atoms with Crippen LogP contribution in [0.5, 0.6) is 0 Å². The first-order chi connectivity index (χ1) is 18.0. The molecular formula is C29H30N4O4. The minimum atomic E-state index is -0.548. The molecule has 8 nitrogen and oxygen atoms in total. The van der Waals surface area contributed by atoms with Crippen LogP contribution in [0.25, 0.3) is 11.0 Å². The first-order valence-corrected chi connectivity index (χ1v) is 12.4. The van der Waals surface area contributed by atoms with Gasteiger partial charge < -0.3 is 24.7 Å². The van der Waals surface area contributed by atoms with Crippen LogP contribution in [0, 0.1) is 6.92 Å². The highest BCUT2D eigenvalue weighted by atomic mass is 16.5. The number of hydrogen-bond donors (Lipinski definition) is 2. The highest BCUT2D eigenvalue weighted by Crippen LogP contribution is 2.34. The van der Waals surface area contributed by atoms with E-state index in [2.05, 4.69) is 41.8 Å². The fourth-order valence-electron chi connectivity index (χ4n) is 4.61. The number of ether oxygens (including phenoxy) is 2. The number of fused-ring (bicyclic) bond motifs is 1. The number of anilines is 2. The van der Waals surface area contributed by atoms with E-state index in [0.29, 0.717) is 42.0 Å². The van der Waals surface area contributed by atoms with Crippen LogP contribution >= 0.6 is 0 Å². The van der Waals surface area contributed by atoms with Crippen LogP contribution < -0.4 is 10.6 Å². The van der Waals surface area contributed by atoms with Crippen molar-refractivity contribution in [1.29, 1.82) is 0 Å². The second kappa shape index (κ2) is 10.8. The maximum atomic E-state index is 13.2. The second-order valence-electron chi connectivity index (χ2n) is 9.22. The van der Waals surface area contributed by atoms with Crippen molar-refractivity contribution in [2.75, 3.05) is 24.4 Å². The van der Waals surface area contributed by atoms with Gasteiger partial charge in [0.25, 0.3) is 5.91 Å². The van der Waals surface area contributed by atoms with E-state index in [1.807, 2.05) is 16.7 Å². The van der Waals surface area contributed by atoms with Crippen molar-refractivity contribution in [2.24, 2.45) is 0 Å². The van der Waals surface area contributed by atoms with Crippen LogP contribution in [0.4, 0.5) is 11.4 Å². The largest absolute Gasteiger partial charge is 0.464 e. The van der Waals surface area contributed by atoms with E-state index in [1.54, 1.807) is 30.5 Å². The third-order valence-electron chi connectivity index (χ3n) is 6.58. The van der Waals surface area contributed by atoms with Gasteiger partial charge in [0.1, 0.15) is 5.65 Å². The molecule has 0 saturated carbocycles. The molecule has 190 valence electrons. The van der Waals surface area contributed by atoms with Crippen molar-refractivity contribution in [3.8, 4) is 0 Å². The lowest BCUT2D eigenvalue weighted by atomic mass is 10.1. The molecule has 8 heteroatoms. The topological polar surface area (TPSA) is 94.5 Å². The van der Waals surface area contributed by atoms with Crippen LogP contribution in [0.15, 0.2) is 66.9 Å². The number of pyridine rings is 1. The van der Waals surface area contributed by atoms with Gasteiger partial charge in [-0.1, -0.05) is 48.0 Å². The molecule has 2 N–H and O–H groups in total. The molecule has 37 heavy (non-hydrogen) atoms. The fraction of sp³-hybridized carbons (Fsp3) is 0.276. The predicted octanol–water partition coefficient (Wildman–Crippen LogP) is 5.17. The molecule has 4 aromatic rings. The van der Waals surface area contributed by atoms with E-state index in [1.165, 1.54) is 12.7 Å². The number of nitrogens with one attached hydrogen (secondary N) is 2. The Hall–Kier alpha value is -4.17. The number of hydrogen-bond acceptors (Lipinski definition) is 6. The van der Waals surface area contributed by atoms with Crippen LogP contribution in [-0.4, -0.2) is 41.2 Å². The Labute approximate surface area is 215 Å². The van der Waals surface area contributed by atoms with Gasteiger partial charge in [0.05, 0.1) is 37.3 Å². The van der Waals surface area contributed by atoms with E-state index >= 15 is 0 Å². The molecule has 1 amide bonds. The summed E-state index contributed by atoms with van der Waals surface area (Å²) in [6.45, 7) is 3.79. The maximum Gasteiger partial charge on any atom is 0.356 e. The van der Waals surface area contributed by atoms with Gasteiger partial charge in [0.2, 0.25) is 0 Å². The molecule has 1 unspecified atom stereocenters. The number of nitrogens with zero attached hydrogens (tertiary/aromatic N) is 2. The molecule has 1 atom stereocenters. The molecule has 0 spiro atoms. The molecule has 0 radical (unpaired) electrons. The SMILES string of the molecule is COC(=O)c1c(NC(=O)c2ccccc2)c2cc(NCc3ccc(C)cc3)cnc2n1CC1CCCO1. The van der Waals surface area contributed by atoms with Gasteiger partial charge >= 0.3 is 5.97 Å². The van der Waals surface area contributed by atoms with Gasteiger partial charge in [-0.15, -0.1) is 0 Å². The van der Waals surface area contributed by atoms with Gasteiger partial charge in [0.15, 0.2) is 5.69 Å². The van der Waals surface area contributed by atoms with E-state index in [-0.39, 0.29) is 17.7 Å². The molecule has 1 saturated heterocycles. The van der Waals surface area contributed by atoms with Gasteiger partial charge in [0, 0.05) is 24.1 Å². The van der Waals surface area contributed by atoms with Gasteiger partial charge in [-0.2, -0.15) is 0 Å². The number of amides is 1. The van der Waals surface area contributed by atoms with Gasteiger partial charge in [-0.05, 0) is 43.5 Å². The highest BCUT2D eigenvalue weighted by molar-refractivity contribution is 6.14. The Bertz CT molecular complexity index is 1410. The Balaban J connectivity index is 1.56.